The lowest BCUT2D eigenvalue weighted by molar-refractivity contribution is -0.0469. The van der Waals surface area contributed by atoms with Crippen LogP contribution in [0.4, 0.5) is 24.5 Å². The van der Waals surface area contributed by atoms with E-state index in [1.165, 1.54) is 19.2 Å². The average Bonchev–Trinajstić information content (AvgIpc) is 2.70. The van der Waals surface area contributed by atoms with Crippen LogP contribution in [0.2, 0.25) is 0 Å². The molecule has 0 aromatic heterocycles. The maximum atomic E-state index is 14.3. The summed E-state index contributed by atoms with van der Waals surface area (Å²) in [5.74, 6) is -4.10. The second-order valence-corrected chi connectivity index (χ2v) is 5.86. The van der Waals surface area contributed by atoms with E-state index in [0.29, 0.717) is 6.42 Å². The first-order valence-corrected chi connectivity index (χ1v) is 8.50. The molecule has 1 unspecified atom stereocenters. The van der Waals surface area contributed by atoms with Gasteiger partial charge < -0.3 is 15.2 Å². The van der Waals surface area contributed by atoms with Crippen LogP contribution in [0, 0.1) is 17.5 Å². The smallest absolute Gasteiger partial charge is 0.277 e. The highest BCUT2D eigenvalue weighted by Gasteiger charge is 2.20. The second kappa shape index (κ2) is 10.1. The molecule has 0 spiro atoms. The van der Waals surface area contributed by atoms with Crippen molar-refractivity contribution in [3.63, 3.8) is 0 Å². The molecule has 1 atom stereocenters. The Balaban J connectivity index is 2.24. The molecule has 2 rings (SSSR count). The zero-order valence-corrected chi connectivity index (χ0v) is 15.4. The third-order valence-corrected chi connectivity index (χ3v) is 4.01. The Morgan fingerprint density at radius 3 is 2.54 bits per heavy atom. The fraction of sp³-hybridized carbons (Fsp3) is 0.316. The third-order valence-electron chi connectivity index (χ3n) is 4.01. The normalized spacial score (nSPS) is 11.9. The number of aliphatic hydroxyl groups is 1. The van der Waals surface area contributed by atoms with Gasteiger partial charge in [-0.25, -0.2) is 18.7 Å². The number of benzene rings is 2. The van der Waals surface area contributed by atoms with Gasteiger partial charge in [0.25, 0.3) is 5.91 Å². The zero-order chi connectivity index (χ0) is 20.7. The molecule has 0 fully saturated rings. The van der Waals surface area contributed by atoms with Gasteiger partial charge in [0, 0.05) is 7.11 Å². The van der Waals surface area contributed by atoms with Gasteiger partial charge in [-0.3, -0.25) is 9.63 Å². The molecule has 1 amide bonds. The molecule has 0 aliphatic carbocycles. The summed E-state index contributed by atoms with van der Waals surface area (Å²) in [5.41, 5.74) is 1.84. The number of methoxy groups -OCH3 is 1. The van der Waals surface area contributed by atoms with Crippen LogP contribution in [-0.4, -0.2) is 37.4 Å². The highest BCUT2D eigenvalue weighted by atomic mass is 19.2. The van der Waals surface area contributed by atoms with Crippen LogP contribution in [0.1, 0.15) is 22.8 Å². The minimum atomic E-state index is -1.34. The van der Waals surface area contributed by atoms with E-state index in [-0.39, 0.29) is 24.5 Å². The van der Waals surface area contributed by atoms with E-state index in [0.717, 1.165) is 17.7 Å². The maximum Gasteiger partial charge on any atom is 0.277 e. The summed E-state index contributed by atoms with van der Waals surface area (Å²) in [6, 6.07) is 6.09. The lowest BCUT2D eigenvalue weighted by atomic mass is 10.1. The topological polar surface area (TPSA) is 79.8 Å². The summed E-state index contributed by atoms with van der Waals surface area (Å²) in [4.78, 5) is 17.2. The lowest BCUT2D eigenvalue weighted by Crippen LogP contribution is -2.31. The Kier molecular flexibility index (Phi) is 7.80. The van der Waals surface area contributed by atoms with Crippen molar-refractivity contribution in [1.29, 1.82) is 0 Å². The molecule has 2 aromatic carbocycles. The molecular formula is C19H21F3N2O4. The molecule has 2 aromatic rings. The predicted octanol–water partition coefficient (Wildman–Crippen LogP) is 3.08. The molecule has 9 heteroatoms. The molecule has 3 N–H and O–H groups in total. The molecule has 28 heavy (non-hydrogen) atoms. The van der Waals surface area contributed by atoms with E-state index in [9.17, 15) is 18.0 Å². The van der Waals surface area contributed by atoms with Gasteiger partial charge in [-0.15, -0.1) is 0 Å². The number of carbonyl (C=O) groups is 1. The van der Waals surface area contributed by atoms with Gasteiger partial charge in [0.2, 0.25) is 0 Å². The number of halogens is 3. The number of ether oxygens (including phenoxy) is 1. The molecular weight excluding hydrogens is 377 g/mol. The predicted molar refractivity (Wildman–Crippen MR) is 96.7 cm³/mol. The van der Waals surface area contributed by atoms with Crippen LogP contribution in [-0.2, 0) is 16.0 Å². The first kappa shape index (κ1) is 21.7. The molecule has 0 saturated carbocycles. The fourth-order valence-electron chi connectivity index (χ4n) is 2.33. The van der Waals surface area contributed by atoms with Crippen molar-refractivity contribution >= 4 is 17.3 Å². The summed E-state index contributed by atoms with van der Waals surface area (Å²) < 4.78 is 47.1. The number of hydrogen-bond donors (Lipinski definition) is 3. The molecule has 0 saturated heterocycles. The Morgan fingerprint density at radius 1 is 1.18 bits per heavy atom. The number of aliphatic hydroxyl groups excluding tert-OH is 1. The number of anilines is 2. The Labute approximate surface area is 160 Å². The second-order valence-electron chi connectivity index (χ2n) is 5.86. The molecule has 0 aliphatic heterocycles. The SMILES string of the molecule is CCc1ccc(Nc2c(C(=O)NOCC(CO)OC)ccc(F)c2F)c(F)c1. The summed E-state index contributed by atoms with van der Waals surface area (Å²) >= 11 is 0. The zero-order valence-electron chi connectivity index (χ0n) is 15.4. The van der Waals surface area contributed by atoms with Crippen LogP contribution in [0.15, 0.2) is 30.3 Å². The standard InChI is InChI=1S/C19H21F3N2O4/c1-3-11-4-7-16(15(21)8-11)23-18-13(5-6-14(20)17(18)22)19(26)24-28-10-12(9-25)27-2/h4-8,12,23,25H,3,9-10H2,1-2H3,(H,24,26). The molecule has 0 aliphatic rings. The Bertz CT molecular complexity index is 829. The van der Waals surface area contributed by atoms with Crippen molar-refractivity contribution in [3.8, 4) is 0 Å². The van der Waals surface area contributed by atoms with E-state index >= 15 is 0 Å². The lowest BCUT2D eigenvalue weighted by Gasteiger charge is -2.16. The van der Waals surface area contributed by atoms with Crippen LogP contribution < -0.4 is 10.8 Å². The number of aryl methyl sites for hydroxylation is 1. The molecule has 0 radical (unpaired) electrons. The van der Waals surface area contributed by atoms with Gasteiger partial charge in [0.1, 0.15) is 18.5 Å². The average molecular weight is 398 g/mol. The summed E-state index contributed by atoms with van der Waals surface area (Å²) in [7, 11) is 1.35. The quantitative estimate of drug-likeness (QED) is 0.566. The highest BCUT2D eigenvalue weighted by molar-refractivity contribution is 6.00. The van der Waals surface area contributed by atoms with Crippen LogP contribution in [0.3, 0.4) is 0 Å². The van der Waals surface area contributed by atoms with Crippen LogP contribution in [0.25, 0.3) is 0 Å². The van der Waals surface area contributed by atoms with Gasteiger partial charge in [0.05, 0.1) is 23.5 Å². The first-order valence-electron chi connectivity index (χ1n) is 8.50. The van der Waals surface area contributed by atoms with E-state index in [1.807, 2.05) is 6.92 Å². The van der Waals surface area contributed by atoms with E-state index in [4.69, 9.17) is 14.7 Å². The minimum absolute atomic E-state index is 0.114. The largest absolute Gasteiger partial charge is 0.394 e. The van der Waals surface area contributed by atoms with E-state index < -0.39 is 35.2 Å². The first-order chi connectivity index (χ1) is 13.4. The fourth-order valence-corrected chi connectivity index (χ4v) is 2.33. The van der Waals surface area contributed by atoms with Gasteiger partial charge in [-0.2, -0.15) is 0 Å². The number of rotatable bonds is 9. The van der Waals surface area contributed by atoms with Gasteiger partial charge >= 0.3 is 0 Å². The Hall–Kier alpha value is -2.62. The highest BCUT2D eigenvalue weighted by Crippen LogP contribution is 2.28. The van der Waals surface area contributed by atoms with Crippen LogP contribution in [0.5, 0.6) is 0 Å². The Morgan fingerprint density at radius 2 is 1.93 bits per heavy atom. The molecule has 0 heterocycles. The number of nitrogens with one attached hydrogen (secondary N) is 2. The van der Waals surface area contributed by atoms with Crippen molar-refractivity contribution < 1.29 is 32.6 Å². The van der Waals surface area contributed by atoms with E-state index in [1.54, 1.807) is 6.07 Å². The monoisotopic (exact) mass is 398 g/mol. The van der Waals surface area contributed by atoms with E-state index in [2.05, 4.69) is 10.8 Å². The molecule has 6 nitrogen and oxygen atoms in total. The van der Waals surface area contributed by atoms with Crippen molar-refractivity contribution in [2.45, 2.75) is 19.4 Å². The van der Waals surface area contributed by atoms with Gasteiger partial charge in [-0.05, 0) is 36.2 Å². The minimum Gasteiger partial charge on any atom is -0.394 e. The summed E-state index contributed by atoms with van der Waals surface area (Å²) in [5, 5.41) is 11.4. The molecule has 152 valence electrons. The van der Waals surface area contributed by atoms with Crippen LogP contribution >= 0.6 is 0 Å². The number of hydroxylamine groups is 1. The van der Waals surface area contributed by atoms with Crippen molar-refractivity contribution in [2.75, 3.05) is 25.6 Å². The van der Waals surface area contributed by atoms with Gasteiger partial charge in [-0.1, -0.05) is 13.0 Å². The number of hydrogen-bond acceptors (Lipinski definition) is 5. The summed E-state index contributed by atoms with van der Waals surface area (Å²) in [6.45, 7) is 1.34. The van der Waals surface area contributed by atoms with Gasteiger partial charge in [0.15, 0.2) is 11.6 Å². The van der Waals surface area contributed by atoms with Crippen molar-refractivity contribution in [1.82, 2.24) is 5.48 Å². The third kappa shape index (κ3) is 5.22. The number of carbonyl (C=O) groups excluding carboxylic acids is 1. The molecule has 0 bridgehead atoms. The summed E-state index contributed by atoms with van der Waals surface area (Å²) in [6.07, 6.45) is -0.0682. The van der Waals surface area contributed by atoms with Crippen molar-refractivity contribution in [3.05, 3.63) is 58.9 Å². The maximum absolute atomic E-state index is 14.3. The van der Waals surface area contributed by atoms with Crippen molar-refractivity contribution in [2.24, 2.45) is 0 Å². The number of amides is 1.